The van der Waals surface area contributed by atoms with E-state index in [0.717, 1.165) is 18.4 Å². The lowest BCUT2D eigenvalue weighted by Gasteiger charge is -2.16. The maximum atomic E-state index is 13.0. The molecule has 0 saturated heterocycles. The van der Waals surface area contributed by atoms with Gasteiger partial charge in [0.2, 0.25) is 11.8 Å². The number of benzene rings is 1. The monoisotopic (exact) mass is 310 g/mol. The van der Waals surface area contributed by atoms with E-state index in [9.17, 15) is 14.0 Å². The third-order valence-electron chi connectivity index (χ3n) is 3.13. The normalized spacial score (nSPS) is 13.8. The van der Waals surface area contributed by atoms with Crippen molar-refractivity contribution in [2.45, 2.75) is 24.6 Å². The molecule has 114 valence electrons. The number of rotatable bonds is 7. The van der Waals surface area contributed by atoms with Gasteiger partial charge in [-0.05, 0) is 30.5 Å². The van der Waals surface area contributed by atoms with Crippen LogP contribution in [0.1, 0.15) is 18.4 Å². The fourth-order valence-corrected chi connectivity index (χ4v) is 2.71. The van der Waals surface area contributed by atoms with E-state index in [-0.39, 0.29) is 29.9 Å². The van der Waals surface area contributed by atoms with Crippen molar-refractivity contribution in [1.82, 2.24) is 10.2 Å². The fraction of sp³-hybridized carbons (Fsp3) is 0.467. The lowest BCUT2D eigenvalue weighted by Crippen LogP contribution is -2.39. The van der Waals surface area contributed by atoms with Crippen molar-refractivity contribution in [3.63, 3.8) is 0 Å². The Kier molecular flexibility index (Phi) is 5.61. The molecule has 4 nitrogen and oxygen atoms in total. The van der Waals surface area contributed by atoms with Crippen molar-refractivity contribution >= 4 is 23.6 Å². The summed E-state index contributed by atoms with van der Waals surface area (Å²) in [5, 5.41) is 2.85. The largest absolute Gasteiger partial charge is 0.352 e. The lowest BCUT2D eigenvalue weighted by molar-refractivity contribution is -0.132. The lowest BCUT2D eigenvalue weighted by atomic mass is 10.2. The van der Waals surface area contributed by atoms with Crippen LogP contribution < -0.4 is 5.32 Å². The summed E-state index contributed by atoms with van der Waals surface area (Å²) < 4.78 is 13.0. The Hall–Kier alpha value is -1.56. The molecule has 1 fully saturated rings. The Morgan fingerprint density at radius 1 is 1.43 bits per heavy atom. The predicted octanol–water partition coefficient (Wildman–Crippen LogP) is 1.80. The first-order valence-electron chi connectivity index (χ1n) is 6.90. The van der Waals surface area contributed by atoms with E-state index in [4.69, 9.17) is 0 Å². The second-order valence-electron chi connectivity index (χ2n) is 5.21. The summed E-state index contributed by atoms with van der Waals surface area (Å²) >= 11 is 1.42. The average Bonchev–Trinajstić information content (AvgIpc) is 3.22. The highest BCUT2D eigenvalue weighted by atomic mass is 32.2. The standard InChI is InChI=1S/C15H19FN2O2S/c1-18(8-14(19)17-13-5-6-13)15(20)10-21-9-11-3-2-4-12(16)7-11/h2-4,7,13H,5-6,8-10H2,1H3,(H,17,19). The van der Waals surface area contributed by atoms with E-state index in [2.05, 4.69) is 5.32 Å². The summed E-state index contributed by atoms with van der Waals surface area (Å²) in [6.07, 6.45) is 2.07. The van der Waals surface area contributed by atoms with E-state index in [0.29, 0.717) is 11.8 Å². The fourth-order valence-electron chi connectivity index (χ4n) is 1.80. The Morgan fingerprint density at radius 3 is 2.86 bits per heavy atom. The van der Waals surface area contributed by atoms with E-state index in [1.807, 2.05) is 6.07 Å². The van der Waals surface area contributed by atoms with Crippen LogP contribution in [0.25, 0.3) is 0 Å². The summed E-state index contributed by atoms with van der Waals surface area (Å²) in [7, 11) is 1.62. The summed E-state index contributed by atoms with van der Waals surface area (Å²) in [5.41, 5.74) is 0.849. The van der Waals surface area contributed by atoms with Crippen molar-refractivity contribution in [1.29, 1.82) is 0 Å². The maximum Gasteiger partial charge on any atom is 0.239 e. The van der Waals surface area contributed by atoms with Crippen LogP contribution >= 0.6 is 11.8 Å². The quantitative estimate of drug-likeness (QED) is 0.835. The van der Waals surface area contributed by atoms with Crippen LogP contribution in [0.15, 0.2) is 24.3 Å². The molecule has 1 saturated carbocycles. The molecular formula is C15H19FN2O2S. The van der Waals surface area contributed by atoms with E-state index in [1.165, 1.54) is 28.8 Å². The molecule has 0 atom stereocenters. The van der Waals surface area contributed by atoms with Crippen LogP contribution in [-0.2, 0) is 15.3 Å². The number of likely N-dealkylation sites (N-methyl/N-ethyl adjacent to an activating group) is 1. The number of carbonyl (C=O) groups excluding carboxylic acids is 2. The number of amides is 2. The molecule has 0 aromatic heterocycles. The van der Waals surface area contributed by atoms with Gasteiger partial charge >= 0.3 is 0 Å². The first-order chi connectivity index (χ1) is 10.0. The minimum Gasteiger partial charge on any atom is -0.352 e. The van der Waals surface area contributed by atoms with Crippen LogP contribution in [0, 0.1) is 5.82 Å². The molecule has 1 aliphatic carbocycles. The van der Waals surface area contributed by atoms with Gasteiger partial charge < -0.3 is 10.2 Å². The number of nitrogens with zero attached hydrogens (tertiary/aromatic N) is 1. The third kappa shape index (κ3) is 5.75. The zero-order valence-corrected chi connectivity index (χ0v) is 12.8. The van der Waals surface area contributed by atoms with E-state index < -0.39 is 0 Å². The summed E-state index contributed by atoms with van der Waals surface area (Å²) in [6.45, 7) is 0.0931. The predicted molar refractivity (Wildman–Crippen MR) is 81.4 cm³/mol. The highest BCUT2D eigenvalue weighted by Gasteiger charge is 2.24. The molecule has 2 amide bonds. The summed E-state index contributed by atoms with van der Waals surface area (Å²) in [4.78, 5) is 24.9. The van der Waals surface area contributed by atoms with Gasteiger partial charge in [0.25, 0.3) is 0 Å². The molecule has 1 aromatic carbocycles. The van der Waals surface area contributed by atoms with Gasteiger partial charge in [0, 0.05) is 18.8 Å². The summed E-state index contributed by atoms with van der Waals surface area (Å²) in [6, 6.07) is 6.65. The second kappa shape index (κ2) is 7.45. The summed E-state index contributed by atoms with van der Waals surface area (Å²) in [5.74, 6) is 0.383. The number of hydrogen-bond donors (Lipinski definition) is 1. The van der Waals surface area contributed by atoms with E-state index >= 15 is 0 Å². The van der Waals surface area contributed by atoms with Crippen LogP contribution in [0.3, 0.4) is 0 Å². The van der Waals surface area contributed by atoms with Crippen molar-refractivity contribution < 1.29 is 14.0 Å². The van der Waals surface area contributed by atoms with Gasteiger partial charge in [0.15, 0.2) is 0 Å². The van der Waals surface area contributed by atoms with Crippen molar-refractivity contribution in [3.05, 3.63) is 35.6 Å². The van der Waals surface area contributed by atoms with Gasteiger partial charge in [-0.2, -0.15) is 0 Å². The minimum atomic E-state index is -0.270. The van der Waals surface area contributed by atoms with Crippen LogP contribution in [0.4, 0.5) is 4.39 Å². The van der Waals surface area contributed by atoms with Crippen LogP contribution in [0.2, 0.25) is 0 Å². The van der Waals surface area contributed by atoms with Crippen molar-refractivity contribution in [2.75, 3.05) is 19.3 Å². The van der Waals surface area contributed by atoms with Gasteiger partial charge in [-0.1, -0.05) is 12.1 Å². The molecular weight excluding hydrogens is 291 g/mol. The van der Waals surface area contributed by atoms with E-state index in [1.54, 1.807) is 13.1 Å². The molecule has 0 radical (unpaired) electrons. The highest BCUT2D eigenvalue weighted by molar-refractivity contribution is 7.99. The van der Waals surface area contributed by atoms with Crippen LogP contribution in [0.5, 0.6) is 0 Å². The van der Waals surface area contributed by atoms with Crippen molar-refractivity contribution in [2.24, 2.45) is 0 Å². The molecule has 21 heavy (non-hydrogen) atoms. The number of halogens is 1. The van der Waals surface area contributed by atoms with Crippen molar-refractivity contribution in [3.8, 4) is 0 Å². The zero-order valence-electron chi connectivity index (χ0n) is 12.0. The molecule has 0 bridgehead atoms. The second-order valence-corrected chi connectivity index (χ2v) is 6.20. The molecule has 1 N–H and O–H groups in total. The Morgan fingerprint density at radius 2 is 2.19 bits per heavy atom. The smallest absolute Gasteiger partial charge is 0.239 e. The molecule has 1 aliphatic rings. The molecule has 1 aromatic rings. The maximum absolute atomic E-state index is 13.0. The topological polar surface area (TPSA) is 49.4 Å². The molecule has 0 unspecified atom stereocenters. The molecule has 0 heterocycles. The van der Waals surface area contributed by atoms with Gasteiger partial charge in [0.05, 0.1) is 12.3 Å². The number of carbonyl (C=O) groups is 2. The SMILES string of the molecule is CN(CC(=O)NC1CC1)C(=O)CSCc1cccc(F)c1. The molecule has 2 rings (SSSR count). The van der Waals surface area contributed by atoms with Gasteiger partial charge in [-0.3, -0.25) is 9.59 Å². The van der Waals surface area contributed by atoms with Crippen LogP contribution in [-0.4, -0.2) is 42.1 Å². The Bertz CT molecular complexity index is 520. The zero-order chi connectivity index (χ0) is 15.2. The molecule has 6 heteroatoms. The number of nitrogens with one attached hydrogen (secondary N) is 1. The number of thioether (sulfide) groups is 1. The van der Waals surface area contributed by atoms with Gasteiger partial charge in [-0.15, -0.1) is 11.8 Å². The first kappa shape index (κ1) is 15.8. The highest BCUT2D eigenvalue weighted by Crippen LogP contribution is 2.18. The average molecular weight is 310 g/mol. The minimum absolute atomic E-state index is 0.0931. The Balaban J connectivity index is 1.67. The third-order valence-corrected chi connectivity index (χ3v) is 4.12. The molecule has 0 aliphatic heterocycles. The number of hydrogen-bond acceptors (Lipinski definition) is 3. The Labute approximate surface area is 128 Å². The van der Waals surface area contributed by atoms with Gasteiger partial charge in [-0.25, -0.2) is 4.39 Å². The first-order valence-corrected chi connectivity index (χ1v) is 8.05. The molecule has 0 spiro atoms. The van der Waals surface area contributed by atoms with Gasteiger partial charge in [0.1, 0.15) is 5.82 Å².